The Morgan fingerprint density at radius 1 is 1.55 bits per heavy atom. The highest BCUT2D eigenvalue weighted by Crippen LogP contribution is 2.23. The van der Waals surface area contributed by atoms with Crippen LogP contribution in [0.3, 0.4) is 0 Å². The molecular formula is C14H20FN3O2. The summed E-state index contributed by atoms with van der Waals surface area (Å²) in [7, 11) is 0. The minimum atomic E-state index is -0.359. The Bertz CT molecular complexity index is 487. The van der Waals surface area contributed by atoms with Crippen LogP contribution in [0.4, 0.5) is 4.39 Å². The molecule has 1 fully saturated rings. The quantitative estimate of drug-likeness (QED) is 0.320. The first kappa shape index (κ1) is 14.7. The summed E-state index contributed by atoms with van der Waals surface area (Å²) in [6.07, 6.45) is 2.28. The third kappa shape index (κ3) is 3.46. The molecule has 5 nitrogen and oxygen atoms in total. The molecular weight excluding hydrogens is 261 g/mol. The van der Waals surface area contributed by atoms with Gasteiger partial charge in [0.25, 0.3) is 0 Å². The van der Waals surface area contributed by atoms with Gasteiger partial charge in [-0.25, -0.2) is 4.39 Å². The van der Waals surface area contributed by atoms with Crippen molar-refractivity contribution in [1.82, 2.24) is 5.32 Å². The molecule has 0 spiro atoms. The van der Waals surface area contributed by atoms with Crippen molar-refractivity contribution in [2.24, 2.45) is 10.9 Å². The lowest BCUT2D eigenvalue weighted by atomic mass is 9.89. The van der Waals surface area contributed by atoms with Crippen LogP contribution in [0.15, 0.2) is 23.4 Å². The summed E-state index contributed by atoms with van der Waals surface area (Å²) in [6.45, 7) is 3.19. The standard InChI is InChI=1S/C14H20FN3O2/c1-2-20-12-6-11(7-12)17-8-10-4-3-9(5-13(10)15)14(16)18-19/h3-5,11-12,17,19H,2,6-8H2,1H3,(H2,16,18). The van der Waals surface area contributed by atoms with E-state index < -0.39 is 0 Å². The van der Waals surface area contributed by atoms with Crippen molar-refractivity contribution >= 4 is 5.84 Å². The van der Waals surface area contributed by atoms with Crippen LogP contribution in [-0.2, 0) is 11.3 Å². The van der Waals surface area contributed by atoms with Crippen LogP contribution < -0.4 is 11.1 Å². The van der Waals surface area contributed by atoms with Crippen LogP contribution in [0.1, 0.15) is 30.9 Å². The number of hydrogen-bond donors (Lipinski definition) is 3. The van der Waals surface area contributed by atoms with Gasteiger partial charge in [0.05, 0.1) is 6.10 Å². The first-order valence-corrected chi connectivity index (χ1v) is 6.75. The maximum atomic E-state index is 13.9. The Kier molecular flexibility index (Phi) is 4.92. The summed E-state index contributed by atoms with van der Waals surface area (Å²) in [5.41, 5.74) is 6.35. The van der Waals surface area contributed by atoms with Gasteiger partial charge in [0.2, 0.25) is 0 Å². The smallest absolute Gasteiger partial charge is 0.170 e. The van der Waals surface area contributed by atoms with Crippen molar-refractivity contribution in [2.45, 2.75) is 38.5 Å². The fourth-order valence-corrected chi connectivity index (χ4v) is 2.27. The molecule has 1 aromatic rings. The molecule has 1 saturated carbocycles. The highest BCUT2D eigenvalue weighted by Gasteiger charge is 2.28. The number of amidine groups is 1. The van der Waals surface area contributed by atoms with Crippen LogP contribution in [0.25, 0.3) is 0 Å². The number of nitrogens with one attached hydrogen (secondary N) is 1. The van der Waals surface area contributed by atoms with Gasteiger partial charge in [-0.1, -0.05) is 17.3 Å². The predicted molar refractivity (Wildman–Crippen MR) is 74.2 cm³/mol. The van der Waals surface area contributed by atoms with E-state index in [9.17, 15) is 4.39 Å². The maximum Gasteiger partial charge on any atom is 0.170 e. The molecule has 0 radical (unpaired) electrons. The molecule has 0 heterocycles. The SMILES string of the molecule is CCOC1CC(NCc2ccc(/C(N)=N/O)cc2F)C1. The average Bonchev–Trinajstić information content (AvgIpc) is 2.41. The van der Waals surface area contributed by atoms with E-state index in [-0.39, 0.29) is 11.7 Å². The fourth-order valence-electron chi connectivity index (χ4n) is 2.27. The molecule has 1 aliphatic carbocycles. The van der Waals surface area contributed by atoms with Gasteiger partial charge < -0.3 is 21.0 Å². The Hall–Kier alpha value is -1.66. The van der Waals surface area contributed by atoms with Gasteiger partial charge in [-0.3, -0.25) is 0 Å². The average molecular weight is 281 g/mol. The lowest BCUT2D eigenvalue weighted by molar-refractivity contribution is -0.0102. The van der Waals surface area contributed by atoms with Crippen molar-refractivity contribution in [3.63, 3.8) is 0 Å². The van der Waals surface area contributed by atoms with Crippen molar-refractivity contribution in [2.75, 3.05) is 6.61 Å². The second-order valence-electron chi connectivity index (χ2n) is 4.92. The number of nitrogens with zero attached hydrogens (tertiary/aromatic N) is 1. The number of hydrogen-bond acceptors (Lipinski definition) is 4. The van der Waals surface area contributed by atoms with Crippen molar-refractivity contribution < 1.29 is 14.3 Å². The fraction of sp³-hybridized carbons (Fsp3) is 0.500. The van der Waals surface area contributed by atoms with Crippen LogP contribution in [0, 0.1) is 5.82 Å². The molecule has 1 aromatic carbocycles. The number of ether oxygens (including phenoxy) is 1. The summed E-state index contributed by atoms with van der Waals surface area (Å²) in [5, 5.41) is 14.7. The number of halogens is 1. The first-order valence-electron chi connectivity index (χ1n) is 6.75. The number of oxime groups is 1. The third-order valence-corrected chi connectivity index (χ3v) is 3.53. The molecule has 0 bridgehead atoms. The highest BCUT2D eigenvalue weighted by atomic mass is 19.1. The molecule has 1 aliphatic rings. The van der Waals surface area contributed by atoms with Crippen molar-refractivity contribution in [3.05, 3.63) is 35.1 Å². The molecule has 110 valence electrons. The Balaban J connectivity index is 1.85. The molecule has 6 heteroatoms. The van der Waals surface area contributed by atoms with Crippen molar-refractivity contribution in [1.29, 1.82) is 0 Å². The normalized spacial score (nSPS) is 22.6. The van der Waals surface area contributed by atoms with E-state index in [0.29, 0.717) is 29.8 Å². The minimum absolute atomic E-state index is 0.0954. The van der Waals surface area contributed by atoms with E-state index in [4.69, 9.17) is 15.7 Å². The number of nitrogens with two attached hydrogens (primary N) is 1. The Morgan fingerprint density at radius 3 is 2.90 bits per heavy atom. The van der Waals surface area contributed by atoms with Gasteiger partial charge in [0.15, 0.2) is 5.84 Å². The second-order valence-corrected chi connectivity index (χ2v) is 4.92. The molecule has 0 amide bonds. The molecule has 0 aliphatic heterocycles. The number of benzene rings is 1. The van der Waals surface area contributed by atoms with Gasteiger partial charge in [-0.15, -0.1) is 0 Å². The van der Waals surface area contributed by atoms with Gasteiger partial charge in [0.1, 0.15) is 5.82 Å². The van der Waals surface area contributed by atoms with E-state index in [1.54, 1.807) is 12.1 Å². The molecule has 4 N–H and O–H groups in total. The summed E-state index contributed by atoms with van der Waals surface area (Å²) >= 11 is 0. The van der Waals surface area contributed by atoms with Gasteiger partial charge >= 0.3 is 0 Å². The van der Waals surface area contributed by atoms with Gasteiger partial charge in [-0.2, -0.15) is 0 Å². The van der Waals surface area contributed by atoms with Crippen LogP contribution in [0.2, 0.25) is 0 Å². The molecule has 0 atom stereocenters. The molecule has 0 unspecified atom stereocenters. The van der Waals surface area contributed by atoms with E-state index in [0.717, 1.165) is 19.4 Å². The summed E-state index contributed by atoms with van der Waals surface area (Å²) in [5.74, 6) is -0.454. The van der Waals surface area contributed by atoms with Gasteiger partial charge in [0, 0.05) is 30.3 Å². The first-order chi connectivity index (χ1) is 9.63. The topological polar surface area (TPSA) is 79.9 Å². The van der Waals surface area contributed by atoms with E-state index in [1.165, 1.54) is 6.07 Å². The zero-order chi connectivity index (χ0) is 14.5. The van der Waals surface area contributed by atoms with E-state index in [1.807, 2.05) is 6.92 Å². The summed E-state index contributed by atoms with van der Waals surface area (Å²) < 4.78 is 19.3. The Labute approximate surface area is 117 Å². The zero-order valence-electron chi connectivity index (χ0n) is 11.5. The highest BCUT2D eigenvalue weighted by molar-refractivity contribution is 5.97. The Morgan fingerprint density at radius 2 is 2.30 bits per heavy atom. The third-order valence-electron chi connectivity index (χ3n) is 3.53. The van der Waals surface area contributed by atoms with E-state index in [2.05, 4.69) is 10.5 Å². The molecule has 20 heavy (non-hydrogen) atoms. The summed E-state index contributed by atoms with van der Waals surface area (Å²) in [4.78, 5) is 0. The van der Waals surface area contributed by atoms with Crippen LogP contribution in [-0.4, -0.2) is 29.8 Å². The lowest BCUT2D eigenvalue weighted by Gasteiger charge is -2.35. The number of rotatable bonds is 6. The summed E-state index contributed by atoms with van der Waals surface area (Å²) in [6, 6.07) is 4.94. The van der Waals surface area contributed by atoms with E-state index >= 15 is 0 Å². The monoisotopic (exact) mass is 281 g/mol. The maximum absolute atomic E-state index is 13.9. The van der Waals surface area contributed by atoms with Gasteiger partial charge in [-0.05, 0) is 25.8 Å². The molecule has 0 saturated heterocycles. The molecule has 2 rings (SSSR count). The van der Waals surface area contributed by atoms with Crippen LogP contribution in [0.5, 0.6) is 0 Å². The van der Waals surface area contributed by atoms with Crippen molar-refractivity contribution in [3.8, 4) is 0 Å². The minimum Gasteiger partial charge on any atom is -0.409 e. The lowest BCUT2D eigenvalue weighted by Crippen LogP contribution is -2.45. The molecule has 0 aromatic heterocycles. The van der Waals surface area contributed by atoms with Crippen LogP contribution >= 0.6 is 0 Å². The second kappa shape index (κ2) is 6.67. The predicted octanol–water partition coefficient (Wildman–Crippen LogP) is 1.58. The largest absolute Gasteiger partial charge is 0.409 e. The zero-order valence-corrected chi connectivity index (χ0v) is 11.5.